The first-order chi connectivity index (χ1) is 8.63. The van der Waals surface area contributed by atoms with Crippen LogP contribution >= 0.6 is 11.3 Å². The van der Waals surface area contributed by atoms with Gasteiger partial charge in [-0.05, 0) is 12.0 Å². The number of nitriles is 1. The molecule has 0 aliphatic carbocycles. The van der Waals surface area contributed by atoms with Gasteiger partial charge in [-0.25, -0.2) is 0 Å². The molecule has 0 spiro atoms. The Bertz CT molecular complexity index is 610. The number of carbonyl (C=O) groups excluding carboxylic acids is 1. The van der Waals surface area contributed by atoms with Gasteiger partial charge in [-0.15, -0.1) is 11.3 Å². The van der Waals surface area contributed by atoms with Gasteiger partial charge in [0, 0.05) is 15.5 Å². The number of benzene rings is 1. The van der Waals surface area contributed by atoms with Crippen molar-refractivity contribution in [3.8, 4) is 6.07 Å². The van der Waals surface area contributed by atoms with Crippen LogP contribution in [0.1, 0.15) is 13.8 Å². The summed E-state index contributed by atoms with van der Waals surface area (Å²) in [5.41, 5.74) is 0.793. The van der Waals surface area contributed by atoms with Gasteiger partial charge in [0.05, 0.1) is 11.8 Å². The maximum Gasteiger partial charge on any atom is 0.242 e. The highest BCUT2D eigenvalue weighted by Gasteiger charge is 2.22. The van der Waals surface area contributed by atoms with Crippen LogP contribution in [0.5, 0.6) is 0 Å². The maximum atomic E-state index is 12.0. The molecule has 2 aromatic rings. The van der Waals surface area contributed by atoms with E-state index in [2.05, 4.69) is 11.4 Å². The molecule has 0 aliphatic heterocycles. The summed E-state index contributed by atoms with van der Waals surface area (Å²) in [6.45, 7) is 3.75. The number of nitrogens with one attached hydrogen (secondary N) is 1. The summed E-state index contributed by atoms with van der Waals surface area (Å²) in [5.74, 6) is -0.820. The Hall–Kier alpha value is -1.86. The molecule has 0 saturated carbocycles. The van der Waals surface area contributed by atoms with E-state index < -0.39 is 5.92 Å². The van der Waals surface area contributed by atoms with E-state index in [1.165, 1.54) is 0 Å². The van der Waals surface area contributed by atoms with Gasteiger partial charge in [-0.1, -0.05) is 32.0 Å². The molecular weight excluding hydrogens is 244 g/mol. The molecule has 92 valence electrons. The lowest BCUT2D eigenvalue weighted by atomic mass is 9.96. The smallest absolute Gasteiger partial charge is 0.242 e. The van der Waals surface area contributed by atoms with Crippen LogP contribution in [-0.4, -0.2) is 5.91 Å². The molecule has 1 heterocycles. The first kappa shape index (κ1) is 12.6. The van der Waals surface area contributed by atoms with Crippen molar-refractivity contribution in [3.63, 3.8) is 0 Å². The second kappa shape index (κ2) is 5.19. The van der Waals surface area contributed by atoms with Gasteiger partial charge < -0.3 is 5.32 Å². The van der Waals surface area contributed by atoms with Crippen molar-refractivity contribution >= 4 is 33.0 Å². The van der Waals surface area contributed by atoms with Crippen LogP contribution in [-0.2, 0) is 4.79 Å². The zero-order chi connectivity index (χ0) is 13.1. The number of amides is 1. The lowest BCUT2D eigenvalue weighted by molar-refractivity contribution is -0.119. The Labute approximate surface area is 110 Å². The molecule has 1 aromatic carbocycles. The number of carbonyl (C=O) groups is 1. The van der Waals surface area contributed by atoms with Gasteiger partial charge in [0.1, 0.15) is 5.92 Å². The van der Waals surface area contributed by atoms with Crippen molar-refractivity contribution in [1.82, 2.24) is 0 Å². The lowest BCUT2D eigenvalue weighted by Crippen LogP contribution is -2.25. The van der Waals surface area contributed by atoms with E-state index >= 15 is 0 Å². The Balaban J connectivity index is 2.24. The zero-order valence-corrected chi connectivity index (χ0v) is 11.1. The van der Waals surface area contributed by atoms with E-state index in [4.69, 9.17) is 5.26 Å². The molecule has 1 N–H and O–H groups in total. The summed E-state index contributed by atoms with van der Waals surface area (Å²) in [4.78, 5) is 12.0. The van der Waals surface area contributed by atoms with Crippen LogP contribution in [0.3, 0.4) is 0 Å². The number of hydrogen-bond donors (Lipinski definition) is 1. The van der Waals surface area contributed by atoms with Gasteiger partial charge in [-0.3, -0.25) is 4.79 Å². The van der Waals surface area contributed by atoms with E-state index in [-0.39, 0.29) is 11.8 Å². The Morgan fingerprint density at radius 1 is 1.39 bits per heavy atom. The van der Waals surface area contributed by atoms with Crippen molar-refractivity contribution in [2.45, 2.75) is 13.8 Å². The van der Waals surface area contributed by atoms with Crippen LogP contribution in [0, 0.1) is 23.2 Å². The summed E-state index contributed by atoms with van der Waals surface area (Å²) in [7, 11) is 0. The Morgan fingerprint density at radius 2 is 2.11 bits per heavy atom. The molecule has 0 fully saturated rings. The maximum absolute atomic E-state index is 12.0. The number of thiophene rings is 1. The van der Waals surface area contributed by atoms with Crippen molar-refractivity contribution < 1.29 is 4.79 Å². The van der Waals surface area contributed by atoms with E-state index in [9.17, 15) is 4.79 Å². The predicted molar refractivity (Wildman–Crippen MR) is 74.4 cm³/mol. The quantitative estimate of drug-likeness (QED) is 0.913. The largest absolute Gasteiger partial charge is 0.324 e. The van der Waals surface area contributed by atoms with E-state index in [1.807, 2.05) is 43.5 Å². The molecule has 3 nitrogen and oxygen atoms in total. The van der Waals surface area contributed by atoms with Crippen LogP contribution in [0.4, 0.5) is 5.69 Å². The predicted octanol–water partition coefficient (Wildman–Crippen LogP) is 3.64. The molecule has 1 amide bonds. The van der Waals surface area contributed by atoms with Gasteiger partial charge in [0.25, 0.3) is 0 Å². The number of hydrogen-bond acceptors (Lipinski definition) is 3. The molecule has 0 bridgehead atoms. The molecular formula is C14H14N2OS. The third-order valence-corrected chi connectivity index (χ3v) is 3.79. The van der Waals surface area contributed by atoms with Crippen LogP contribution < -0.4 is 5.32 Å². The first-order valence-electron chi connectivity index (χ1n) is 5.80. The number of fused-ring (bicyclic) bond motifs is 1. The SMILES string of the molecule is CC(C)C(C#N)C(=O)Nc1csc2ccccc12. The van der Waals surface area contributed by atoms with E-state index in [0.717, 1.165) is 15.8 Å². The van der Waals surface area contributed by atoms with Crippen molar-refractivity contribution in [2.75, 3.05) is 5.32 Å². The zero-order valence-electron chi connectivity index (χ0n) is 10.3. The molecule has 0 aliphatic rings. The third kappa shape index (κ3) is 2.36. The summed E-state index contributed by atoms with van der Waals surface area (Å²) in [6, 6.07) is 9.95. The standard InChI is InChI=1S/C14H14N2OS/c1-9(2)11(7-15)14(17)16-12-8-18-13-6-4-3-5-10(12)13/h3-6,8-9,11H,1-2H3,(H,16,17). The molecule has 1 atom stereocenters. The third-order valence-electron chi connectivity index (χ3n) is 2.83. The van der Waals surface area contributed by atoms with E-state index in [0.29, 0.717) is 0 Å². The topological polar surface area (TPSA) is 52.9 Å². The van der Waals surface area contributed by atoms with Crippen LogP contribution in [0.15, 0.2) is 29.6 Å². The molecule has 0 radical (unpaired) electrons. The molecule has 4 heteroatoms. The average Bonchev–Trinajstić information content (AvgIpc) is 2.73. The summed E-state index contributed by atoms with van der Waals surface area (Å²) in [6.07, 6.45) is 0. The average molecular weight is 258 g/mol. The molecule has 1 aromatic heterocycles. The summed E-state index contributed by atoms with van der Waals surface area (Å²) in [5, 5.41) is 14.8. The highest BCUT2D eigenvalue weighted by Crippen LogP contribution is 2.30. The number of anilines is 1. The van der Waals surface area contributed by atoms with Gasteiger partial charge in [0.2, 0.25) is 5.91 Å². The van der Waals surface area contributed by atoms with Crippen LogP contribution in [0.2, 0.25) is 0 Å². The van der Waals surface area contributed by atoms with Gasteiger partial charge >= 0.3 is 0 Å². The van der Waals surface area contributed by atoms with Crippen molar-refractivity contribution in [1.29, 1.82) is 5.26 Å². The number of rotatable bonds is 3. The minimum absolute atomic E-state index is 0.0138. The fourth-order valence-corrected chi connectivity index (χ4v) is 2.69. The lowest BCUT2D eigenvalue weighted by Gasteiger charge is -2.12. The monoisotopic (exact) mass is 258 g/mol. The second-order valence-corrected chi connectivity index (χ2v) is 5.40. The fraction of sp³-hybridized carbons (Fsp3) is 0.286. The Morgan fingerprint density at radius 3 is 2.78 bits per heavy atom. The molecule has 18 heavy (non-hydrogen) atoms. The van der Waals surface area contributed by atoms with E-state index in [1.54, 1.807) is 11.3 Å². The van der Waals surface area contributed by atoms with Gasteiger partial charge in [0.15, 0.2) is 0 Å². The summed E-state index contributed by atoms with van der Waals surface area (Å²) < 4.78 is 1.13. The highest BCUT2D eigenvalue weighted by atomic mass is 32.1. The highest BCUT2D eigenvalue weighted by molar-refractivity contribution is 7.17. The summed E-state index contributed by atoms with van der Waals surface area (Å²) >= 11 is 1.59. The number of nitrogens with zero attached hydrogens (tertiary/aromatic N) is 1. The minimum Gasteiger partial charge on any atom is -0.324 e. The Kier molecular flexibility index (Phi) is 3.63. The fourth-order valence-electron chi connectivity index (χ4n) is 1.80. The second-order valence-electron chi connectivity index (χ2n) is 4.49. The van der Waals surface area contributed by atoms with Crippen molar-refractivity contribution in [3.05, 3.63) is 29.6 Å². The molecule has 0 saturated heterocycles. The minimum atomic E-state index is -0.608. The molecule has 1 unspecified atom stereocenters. The first-order valence-corrected chi connectivity index (χ1v) is 6.68. The van der Waals surface area contributed by atoms with Gasteiger partial charge in [-0.2, -0.15) is 5.26 Å². The van der Waals surface area contributed by atoms with Crippen LogP contribution in [0.25, 0.3) is 10.1 Å². The molecule has 2 rings (SSSR count). The van der Waals surface area contributed by atoms with Crippen molar-refractivity contribution in [2.24, 2.45) is 11.8 Å². The normalized spacial score (nSPS) is 12.3.